The molecule has 0 N–H and O–H groups in total. The molecule has 4 aromatic heterocycles. The SMILES string of the molecule is c1ccc2c(c1)sc1c2sc2c3sc4ccccc4c3sc12. The Bertz CT molecular complexity index is 1220. The predicted molar refractivity (Wildman–Crippen MR) is 105 cm³/mol. The lowest BCUT2D eigenvalue weighted by atomic mass is 10.2. The van der Waals surface area contributed by atoms with Crippen LogP contribution in [0.1, 0.15) is 0 Å². The summed E-state index contributed by atoms with van der Waals surface area (Å²) in [6, 6.07) is 17.6. The van der Waals surface area contributed by atoms with Crippen molar-refractivity contribution in [3.8, 4) is 0 Å². The van der Waals surface area contributed by atoms with Gasteiger partial charge in [-0.05, 0) is 12.1 Å². The minimum absolute atomic E-state index is 1.41. The lowest BCUT2D eigenvalue weighted by Crippen LogP contribution is -1.58. The number of hydrogen-bond donors (Lipinski definition) is 0. The molecule has 0 fully saturated rings. The van der Waals surface area contributed by atoms with Crippen LogP contribution in [0.25, 0.3) is 48.4 Å². The smallest absolute Gasteiger partial charge is 0.0651 e. The van der Waals surface area contributed by atoms with Crippen LogP contribution in [0.2, 0.25) is 0 Å². The van der Waals surface area contributed by atoms with Crippen LogP contribution in [-0.2, 0) is 0 Å². The molecule has 0 saturated heterocycles. The fraction of sp³-hybridized carbons (Fsp3) is 0. The van der Waals surface area contributed by atoms with Crippen molar-refractivity contribution in [3.05, 3.63) is 48.5 Å². The van der Waals surface area contributed by atoms with Crippen LogP contribution < -0.4 is 0 Å². The number of fused-ring (bicyclic) bond motifs is 9. The minimum Gasteiger partial charge on any atom is -0.133 e. The molecule has 0 unspecified atom stereocenters. The summed E-state index contributed by atoms with van der Waals surface area (Å²) in [6.45, 7) is 0. The van der Waals surface area contributed by atoms with Gasteiger partial charge in [0.1, 0.15) is 0 Å². The van der Waals surface area contributed by atoms with Gasteiger partial charge in [-0.15, -0.1) is 45.3 Å². The molecule has 0 amide bonds. The molecule has 4 heterocycles. The van der Waals surface area contributed by atoms with Crippen LogP contribution in [0.3, 0.4) is 0 Å². The highest BCUT2D eigenvalue weighted by atomic mass is 32.1. The maximum absolute atomic E-state index is 2.26. The van der Waals surface area contributed by atoms with E-state index >= 15 is 0 Å². The van der Waals surface area contributed by atoms with Gasteiger partial charge < -0.3 is 0 Å². The fourth-order valence-corrected chi connectivity index (χ4v) is 9.02. The van der Waals surface area contributed by atoms with Gasteiger partial charge in [0.05, 0.1) is 28.2 Å². The molecule has 6 rings (SSSR count). The van der Waals surface area contributed by atoms with E-state index in [1.807, 2.05) is 45.3 Å². The summed E-state index contributed by atoms with van der Waals surface area (Å²) in [4.78, 5) is 0. The highest BCUT2D eigenvalue weighted by Crippen LogP contribution is 2.53. The number of rotatable bonds is 0. The molecule has 0 radical (unpaired) electrons. The fourth-order valence-electron chi connectivity index (χ4n) is 3.14. The monoisotopic (exact) mass is 352 g/mol. The largest absolute Gasteiger partial charge is 0.133 e. The van der Waals surface area contributed by atoms with E-state index < -0.39 is 0 Å². The predicted octanol–water partition coefficient (Wildman–Crippen LogP) is 7.70. The third-order valence-corrected chi connectivity index (χ3v) is 9.63. The minimum atomic E-state index is 1.41. The molecule has 0 aliphatic rings. The maximum Gasteiger partial charge on any atom is 0.0651 e. The average Bonchev–Trinajstić information content (AvgIpc) is 3.24. The van der Waals surface area contributed by atoms with E-state index in [9.17, 15) is 0 Å². The molecule has 0 spiro atoms. The zero-order valence-corrected chi connectivity index (χ0v) is 14.5. The van der Waals surface area contributed by atoms with E-state index in [1.54, 1.807) is 0 Å². The van der Waals surface area contributed by atoms with Gasteiger partial charge in [-0.2, -0.15) is 0 Å². The third kappa shape index (κ3) is 1.37. The lowest BCUT2D eigenvalue weighted by Gasteiger charge is -1.85. The molecule has 0 bridgehead atoms. The van der Waals surface area contributed by atoms with Gasteiger partial charge in [0.2, 0.25) is 0 Å². The molecule has 104 valence electrons. The van der Waals surface area contributed by atoms with Gasteiger partial charge >= 0.3 is 0 Å². The summed E-state index contributed by atoms with van der Waals surface area (Å²) in [5.74, 6) is 0. The standard InChI is InChI=1S/C18H8S4/c1-3-7-11-9(5-1)13-15(19-11)17-18(21-13)16-14(22-17)10-6-2-4-8-12(10)20-16/h1-8H. The van der Waals surface area contributed by atoms with Gasteiger partial charge in [-0.25, -0.2) is 0 Å². The van der Waals surface area contributed by atoms with Crippen molar-refractivity contribution < 1.29 is 0 Å². The van der Waals surface area contributed by atoms with Crippen molar-refractivity contribution in [2.24, 2.45) is 0 Å². The number of thiophene rings is 4. The normalized spacial score (nSPS) is 12.5. The molecule has 2 aromatic carbocycles. The van der Waals surface area contributed by atoms with E-state index in [0.717, 1.165) is 0 Å². The van der Waals surface area contributed by atoms with Crippen molar-refractivity contribution in [2.45, 2.75) is 0 Å². The van der Waals surface area contributed by atoms with Crippen molar-refractivity contribution in [3.63, 3.8) is 0 Å². The van der Waals surface area contributed by atoms with Crippen LogP contribution >= 0.6 is 45.3 Å². The Balaban J connectivity index is 1.88. The molecule has 0 aliphatic carbocycles. The molecule has 0 aliphatic heterocycles. The summed E-state index contributed by atoms with van der Waals surface area (Å²) >= 11 is 7.86. The van der Waals surface area contributed by atoms with Crippen LogP contribution in [0.5, 0.6) is 0 Å². The van der Waals surface area contributed by atoms with Crippen molar-refractivity contribution >= 4 is 93.7 Å². The molecule has 22 heavy (non-hydrogen) atoms. The number of benzene rings is 2. The van der Waals surface area contributed by atoms with Crippen LogP contribution in [0, 0.1) is 0 Å². The third-order valence-electron chi connectivity index (χ3n) is 4.13. The summed E-state index contributed by atoms with van der Waals surface area (Å²) in [5.41, 5.74) is 0. The zero-order chi connectivity index (χ0) is 14.3. The molecule has 4 heteroatoms. The number of hydrogen-bond acceptors (Lipinski definition) is 4. The Morgan fingerprint density at radius 2 is 0.818 bits per heavy atom. The first-order valence-electron chi connectivity index (χ1n) is 7.04. The molecular weight excluding hydrogens is 344 g/mol. The molecular formula is C18H8S4. The van der Waals surface area contributed by atoms with E-state index in [1.165, 1.54) is 48.4 Å². The van der Waals surface area contributed by atoms with Crippen molar-refractivity contribution in [2.75, 3.05) is 0 Å². The second kappa shape index (κ2) is 4.09. The first-order valence-corrected chi connectivity index (χ1v) is 10.3. The van der Waals surface area contributed by atoms with Gasteiger partial charge in [-0.1, -0.05) is 36.4 Å². The first kappa shape index (κ1) is 12.0. The van der Waals surface area contributed by atoms with Crippen molar-refractivity contribution in [1.29, 1.82) is 0 Å². The van der Waals surface area contributed by atoms with E-state index in [2.05, 4.69) is 48.5 Å². The maximum atomic E-state index is 2.26. The topological polar surface area (TPSA) is 0 Å². The highest BCUT2D eigenvalue weighted by Gasteiger charge is 2.18. The van der Waals surface area contributed by atoms with Crippen LogP contribution in [0.15, 0.2) is 48.5 Å². The van der Waals surface area contributed by atoms with Crippen LogP contribution in [-0.4, -0.2) is 0 Å². The molecule has 6 aromatic rings. The Kier molecular flexibility index (Phi) is 2.23. The van der Waals surface area contributed by atoms with Crippen molar-refractivity contribution in [1.82, 2.24) is 0 Å². The summed E-state index contributed by atoms with van der Waals surface area (Å²) < 4.78 is 11.7. The Hall–Kier alpha value is -1.46. The summed E-state index contributed by atoms with van der Waals surface area (Å²) in [7, 11) is 0. The second-order valence-electron chi connectivity index (χ2n) is 5.38. The molecule has 0 saturated carbocycles. The second-order valence-corrected chi connectivity index (χ2v) is 9.52. The Labute approximate surface area is 141 Å². The van der Waals surface area contributed by atoms with Gasteiger partial charge in [0, 0.05) is 20.2 Å². The molecule has 0 nitrogen and oxygen atoms in total. The van der Waals surface area contributed by atoms with E-state index in [-0.39, 0.29) is 0 Å². The Morgan fingerprint density at radius 3 is 1.32 bits per heavy atom. The van der Waals surface area contributed by atoms with Gasteiger partial charge in [-0.3, -0.25) is 0 Å². The van der Waals surface area contributed by atoms with Gasteiger partial charge in [0.15, 0.2) is 0 Å². The lowest BCUT2D eigenvalue weighted by molar-refractivity contribution is 1.87. The van der Waals surface area contributed by atoms with E-state index in [0.29, 0.717) is 0 Å². The highest BCUT2D eigenvalue weighted by molar-refractivity contribution is 7.47. The van der Waals surface area contributed by atoms with E-state index in [4.69, 9.17) is 0 Å². The summed E-state index contributed by atoms with van der Waals surface area (Å²) in [5, 5.41) is 2.84. The first-order chi connectivity index (χ1) is 10.9. The zero-order valence-electron chi connectivity index (χ0n) is 11.3. The quantitative estimate of drug-likeness (QED) is 0.263. The average molecular weight is 353 g/mol. The summed E-state index contributed by atoms with van der Waals surface area (Å²) in [6.07, 6.45) is 0. The Morgan fingerprint density at radius 1 is 0.409 bits per heavy atom. The van der Waals surface area contributed by atoms with Gasteiger partial charge in [0.25, 0.3) is 0 Å². The van der Waals surface area contributed by atoms with Crippen LogP contribution in [0.4, 0.5) is 0 Å². The molecule has 0 atom stereocenters.